The molecule has 0 aliphatic heterocycles. The van der Waals surface area contributed by atoms with E-state index in [-0.39, 0.29) is 5.91 Å². The van der Waals surface area contributed by atoms with E-state index in [1.54, 1.807) is 12.3 Å². The van der Waals surface area contributed by atoms with Gasteiger partial charge >= 0.3 is 0 Å². The van der Waals surface area contributed by atoms with Crippen molar-refractivity contribution in [2.75, 3.05) is 5.32 Å². The Hall–Kier alpha value is -2.47. The van der Waals surface area contributed by atoms with Gasteiger partial charge < -0.3 is 4.52 Å². The van der Waals surface area contributed by atoms with Crippen LogP contribution in [0.2, 0.25) is 0 Å². The van der Waals surface area contributed by atoms with E-state index in [1.807, 2.05) is 36.6 Å². The summed E-state index contributed by atoms with van der Waals surface area (Å²) in [5.74, 6) is 0.115. The minimum atomic E-state index is -0.193. The van der Waals surface area contributed by atoms with Crippen molar-refractivity contribution in [1.82, 2.24) is 10.1 Å². The number of nitrogens with zero attached hydrogens (tertiary/aromatic N) is 2. The standard InChI is InChI=1S/C14H11N3O2S/c1-9-5-7-20-13(9)14(18)16-12-8-11(17-19-12)10-4-2-3-6-15-10/h2-8H,1H3,(H,16,18). The first-order valence-corrected chi connectivity index (χ1v) is 6.85. The van der Waals surface area contributed by atoms with Gasteiger partial charge in [-0.2, -0.15) is 0 Å². The lowest BCUT2D eigenvalue weighted by Gasteiger charge is -1.98. The van der Waals surface area contributed by atoms with Crippen molar-refractivity contribution in [1.29, 1.82) is 0 Å². The first-order valence-electron chi connectivity index (χ1n) is 5.97. The van der Waals surface area contributed by atoms with Crippen molar-refractivity contribution < 1.29 is 9.32 Å². The van der Waals surface area contributed by atoms with Gasteiger partial charge in [0.15, 0.2) is 0 Å². The number of nitrogens with one attached hydrogen (secondary N) is 1. The largest absolute Gasteiger partial charge is 0.338 e. The zero-order valence-electron chi connectivity index (χ0n) is 10.7. The number of amides is 1. The van der Waals surface area contributed by atoms with Gasteiger partial charge in [-0.15, -0.1) is 11.3 Å². The Balaban J connectivity index is 1.78. The van der Waals surface area contributed by atoms with Crippen molar-refractivity contribution >= 4 is 23.1 Å². The Bertz CT molecular complexity index is 734. The molecule has 5 nitrogen and oxygen atoms in total. The number of aryl methyl sites for hydroxylation is 1. The molecule has 3 aromatic rings. The first kappa shape index (κ1) is 12.6. The summed E-state index contributed by atoms with van der Waals surface area (Å²) in [6.07, 6.45) is 1.68. The van der Waals surface area contributed by atoms with E-state index in [4.69, 9.17) is 4.52 Å². The molecule has 0 saturated carbocycles. The monoisotopic (exact) mass is 285 g/mol. The normalized spacial score (nSPS) is 10.4. The predicted molar refractivity (Wildman–Crippen MR) is 76.7 cm³/mol. The molecule has 6 heteroatoms. The number of aromatic nitrogens is 2. The molecule has 0 aliphatic rings. The quantitative estimate of drug-likeness (QED) is 0.801. The van der Waals surface area contributed by atoms with Gasteiger partial charge in [-0.05, 0) is 36.1 Å². The van der Waals surface area contributed by atoms with Crippen molar-refractivity contribution in [2.24, 2.45) is 0 Å². The Morgan fingerprint density at radius 3 is 2.90 bits per heavy atom. The van der Waals surface area contributed by atoms with Crippen molar-refractivity contribution in [2.45, 2.75) is 6.92 Å². The molecular weight excluding hydrogens is 274 g/mol. The van der Waals surface area contributed by atoms with Crippen LogP contribution in [0, 0.1) is 6.92 Å². The zero-order valence-corrected chi connectivity index (χ0v) is 11.5. The van der Waals surface area contributed by atoms with Crippen LogP contribution in [-0.4, -0.2) is 16.0 Å². The van der Waals surface area contributed by atoms with Crippen LogP contribution >= 0.6 is 11.3 Å². The van der Waals surface area contributed by atoms with Crippen LogP contribution in [0.1, 0.15) is 15.2 Å². The lowest BCUT2D eigenvalue weighted by molar-refractivity contribution is 0.102. The van der Waals surface area contributed by atoms with Crippen molar-refractivity contribution in [3.05, 3.63) is 52.3 Å². The fourth-order valence-electron chi connectivity index (χ4n) is 1.74. The van der Waals surface area contributed by atoms with Gasteiger partial charge in [-0.1, -0.05) is 11.2 Å². The van der Waals surface area contributed by atoms with Crippen LogP contribution in [0.3, 0.4) is 0 Å². The van der Waals surface area contributed by atoms with Crippen LogP contribution in [0.5, 0.6) is 0 Å². The Morgan fingerprint density at radius 1 is 1.30 bits per heavy atom. The highest BCUT2D eigenvalue weighted by molar-refractivity contribution is 7.12. The van der Waals surface area contributed by atoms with Gasteiger partial charge in [-0.25, -0.2) is 0 Å². The molecule has 20 heavy (non-hydrogen) atoms. The van der Waals surface area contributed by atoms with Crippen LogP contribution in [0.4, 0.5) is 5.88 Å². The second kappa shape index (κ2) is 5.26. The summed E-state index contributed by atoms with van der Waals surface area (Å²) < 4.78 is 5.11. The maximum atomic E-state index is 12.0. The number of carbonyl (C=O) groups excluding carboxylic acids is 1. The first-order chi connectivity index (χ1) is 9.74. The summed E-state index contributed by atoms with van der Waals surface area (Å²) in [6.45, 7) is 1.89. The summed E-state index contributed by atoms with van der Waals surface area (Å²) in [5.41, 5.74) is 2.23. The third-order valence-electron chi connectivity index (χ3n) is 2.74. The lowest BCUT2D eigenvalue weighted by Crippen LogP contribution is -2.10. The molecule has 100 valence electrons. The molecule has 0 fully saturated rings. The van der Waals surface area contributed by atoms with E-state index in [0.717, 1.165) is 5.56 Å². The van der Waals surface area contributed by atoms with Crippen LogP contribution in [0.15, 0.2) is 46.4 Å². The van der Waals surface area contributed by atoms with Crippen LogP contribution < -0.4 is 5.32 Å². The molecule has 3 rings (SSSR count). The van der Waals surface area contributed by atoms with Gasteiger partial charge in [0, 0.05) is 12.3 Å². The molecule has 3 heterocycles. The highest BCUT2D eigenvalue weighted by Gasteiger charge is 2.14. The predicted octanol–water partition coefficient (Wildman–Crippen LogP) is 3.36. The number of hydrogen-bond donors (Lipinski definition) is 1. The maximum Gasteiger partial charge on any atom is 0.268 e. The number of carbonyl (C=O) groups is 1. The van der Waals surface area contributed by atoms with Gasteiger partial charge in [-0.3, -0.25) is 15.1 Å². The minimum absolute atomic E-state index is 0.193. The molecule has 1 N–H and O–H groups in total. The third-order valence-corrected chi connectivity index (χ3v) is 3.76. The highest BCUT2D eigenvalue weighted by atomic mass is 32.1. The summed E-state index contributed by atoms with van der Waals surface area (Å²) in [5, 5.41) is 8.46. The number of rotatable bonds is 3. The summed E-state index contributed by atoms with van der Waals surface area (Å²) in [7, 11) is 0. The summed E-state index contributed by atoms with van der Waals surface area (Å²) in [6, 6.07) is 9.07. The SMILES string of the molecule is Cc1ccsc1C(=O)Nc1cc(-c2ccccn2)no1. The zero-order chi connectivity index (χ0) is 13.9. The Morgan fingerprint density at radius 2 is 2.20 bits per heavy atom. The molecule has 0 spiro atoms. The Kier molecular flexibility index (Phi) is 3.30. The topological polar surface area (TPSA) is 68.0 Å². The van der Waals surface area contributed by atoms with E-state index in [9.17, 15) is 4.79 Å². The van der Waals surface area contributed by atoms with E-state index in [0.29, 0.717) is 22.1 Å². The molecule has 0 aromatic carbocycles. The van der Waals surface area contributed by atoms with E-state index >= 15 is 0 Å². The molecule has 0 atom stereocenters. The fraction of sp³-hybridized carbons (Fsp3) is 0.0714. The number of hydrogen-bond acceptors (Lipinski definition) is 5. The highest BCUT2D eigenvalue weighted by Crippen LogP contribution is 2.21. The van der Waals surface area contributed by atoms with Crippen LogP contribution in [-0.2, 0) is 0 Å². The Labute approximate surface area is 119 Å². The second-order valence-corrected chi connectivity index (χ2v) is 5.09. The van der Waals surface area contributed by atoms with E-state index in [2.05, 4.69) is 15.5 Å². The summed E-state index contributed by atoms with van der Waals surface area (Å²) >= 11 is 1.39. The lowest BCUT2D eigenvalue weighted by atomic mass is 10.2. The van der Waals surface area contributed by atoms with Crippen molar-refractivity contribution in [3.8, 4) is 11.4 Å². The van der Waals surface area contributed by atoms with Crippen LogP contribution in [0.25, 0.3) is 11.4 Å². The molecular formula is C14H11N3O2S. The van der Waals surface area contributed by atoms with Gasteiger partial charge in [0.25, 0.3) is 5.91 Å². The second-order valence-electron chi connectivity index (χ2n) is 4.18. The van der Waals surface area contributed by atoms with Gasteiger partial charge in [0.2, 0.25) is 5.88 Å². The smallest absolute Gasteiger partial charge is 0.268 e. The molecule has 3 aromatic heterocycles. The number of anilines is 1. The fourth-order valence-corrected chi connectivity index (χ4v) is 2.56. The molecule has 0 radical (unpaired) electrons. The van der Waals surface area contributed by atoms with E-state index < -0.39 is 0 Å². The molecule has 1 amide bonds. The molecule has 0 bridgehead atoms. The maximum absolute atomic E-state index is 12.0. The van der Waals surface area contributed by atoms with Crippen molar-refractivity contribution in [3.63, 3.8) is 0 Å². The average Bonchev–Trinajstić information content (AvgIpc) is 3.09. The molecule has 0 unspecified atom stereocenters. The number of thiophene rings is 1. The van der Waals surface area contributed by atoms with Gasteiger partial charge in [0.1, 0.15) is 5.69 Å². The summed E-state index contributed by atoms with van der Waals surface area (Å²) in [4.78, 5) is 16.9. The van der Waals surface area contributed by atoms with Gasteiger partial charge in [0.05, 0.1) is 10.6 Å². The van der Waals surface area contributed by atoms with E-state index in [1.165, 1.54) is 11.3 Å². The molecule has 0 aliphatic carbocycles. The third kappa shape index (κ3) is 2.46. The minimum Gasteiger partial charge on any atom is -0.338 e. The average molecular weight is 285 g/mol. The number of pyridine rings is 1. The molecule has 0 saturated heterocycles.